The van der Waals surface area contributed by atoms with E-state index >= 15 is 0 Å². The molecule has 0 aromatic carbocycles. The van der Waals surface area contributed by atoms with Crippen molar-refractivity contribution < 1.29 is 0 Å². The maximum absolute atomic E-state index is 5.65. The van der Waals surface area contributed by atoms with Crippen molar-refractivity contribution in [2.24, 2.45) is 5.92 Å². The molecule has 3 nitrogen and oxygen atoms in total. The fourth-order valence-corrected chi connectivity index (χ4v) is 1.44. The molecule has 0 spiro atoms. The van der Waals surface area contributed by atoms with Crippen LogP contribution in [0.3, 0.4) is 0 Å². The SMILES string of the molecule is CCC(C)CN(C)c1cnc(CCl)cn1. The third-order valence-electron chi connectivity index (χ3n) is 2.50. The van der Waals surface area contributed by atoms with Gasteiger partial charge in [0.25, 0.3) is 0 Å². The molecule has 0 N–H and O–H groups in total. The molecule has 0 radical (unpaired) electrons. The van der Waals surface area contributed by atoms with Crippen LogP contribution in [0.15, 0.2) is 12.4 Å². The Morgan fingerprint density at radius 1 is 1.40 bits per heavy atom. The molecule has 84 valence electrons. The van der Waals surface area contributed by atoms with E-state index in [0.29, 0.717) is 11.8 Å². The first-order valence-electron chi connectivity index (χ1n) is 5.25. The Hall–Kier alpha value is -0.830. The molecule has 0 aliphatic rings. The molecule has 0 fully saturated rings. The van der Waals surface area contributed by atoms with Gasteiger partial charge in [-0.2, -0.15) is 0 Å². The molecular formula is C11H18ClN3. The van der Waals surface area contributed by atoms with Crippen molar-refractivity contribution in [2.75, 3.05) is 18.5 Å². The van der Waals surface area contributed by atoms with E-state index in [2.05, 4.69) is 28.7 Å². The topological polar surface area (TPSA) is 29.0 Å². The van der Waals surface area contributed by atoms with Crippen LogP contribution in [0.5, 0.6) is 0 Å². The summed E-state index contributed by atoms with van der Waals surface area (Å²) < 4.78 is 0. The number of anilines is 1. The largest absolute Gasteiger partial charge is 0.358 e. The monoisotopic (exact) mass is 227 g/mol. The standard InChI is InChI=1S/C11H18ClN3/c1-4-9(2)8-15(3)11-7-13-10(5-12)6-14-11/h6-7,9H,4-5,8H2,1-3H3. The molecule has 1 atom stereocenters. The molecule has 15 heavy (non-hydrogen) atoms. The number of halogens is 1. The van der Waals surface area contributed by atoms with Crippen molar-refractivity contribution in [1.29, 1.82) is 0 Å². The van der Waals surface area contributed by atoms with Gasteiger partial charge in [0.1, 0.15) is 5.82 Å². The van der Waals surface area contributed by atoms with Crippen LogP contribution in [0.2, 0.25) is 0 Å². The van der Waals surface area contributed by atoms with E-state index in [4.69, 9.17) is 11.6 Å². The summed E-state index contributed by atoms with van der Waals surface area (Å²) in [6.07, 6.45) is 4.69. The molecule has 4 heteroatoms. The smallest absolute Gasteiger partial charge is 0.146 e. The summed E-state index contributed by atoms with van der Waals surface area (Å²) >= 11 is 5.65. The minimum Gasteiger partial charge on any atom is -0.358 e. The van der Waals surface area contributed by atoms with Crippen LogP contribution >= 0.6 is 11.6 Å². The predicted octanol–water partition coefficient (Wildman–Crippen LogP) is 2.70. The number of rotatable bonds is 5. The van der Waals surface area contributed by atoms with Gasteiger partial charge >= 0.3 is 0 Å². The Kier molecular flexibility index (Phi) is 4.82. The van der Waals surface area contributed by atoms with Crippen molar-refractivity contribution in [3.05, 3.63) is 18.1 Å². The second-order valence-corrected chi connectivity index (χ2v) is 4.16. The highest BCUT2D eigenvalue weighted by Crippen LogP contribution is 2.11. The maximum atomic E-state index is 5.65. The van der Waals surface area contributed by atoms with Gasteiger partial charge in [-0.1, -0.05) is 20.3 Å². The summed E-state index contributed by atoms with van der Waals surface area (Å²) in [6, 6.07) is 0. The van der Waals surface area contributed by atoms with Crippen molar-refractivity contribution in [1.82, 2.24) is 9.97 Å². The van der Waals surface area contributed by atoms with Gasteiger partial charge in [-0.15, -0.1) is 11.6 Å². The summed E-state index contributed by atoms with van der Waals surface area (Å²) in [5, 5.41) is 0. The van der Waals surface area contributed by atoms with Gasteiger partial charge in [-0.3, -0.25) is 4.98 Å². The molecule has 0 aliphatic heterocycles. The van der Waals surface area contributed by atoms with Gasteiger partial charge < -0.3 is 4.90 Å². The minimum atomic E-state index is 0.419. The molecular weight excluding hydrogens is 210 g/mol. The van der Waals surface area contributed by atoms with Crippen LogP contribution < -0.4 is 4.90 Å². The Morgan fingerprint density at radius 3 is 2.60 bits per heavy atom. The van der Waals surface area contributed by atoms with Crippen LogP contribution in [0.1, 0.15) is 26.0 Å². The maximum Gasteiger partial charge on any atom is 0.146 e. The summed E-state index contributed by atoms with van der Waals surface area (Å²) in [6.45, 7) is 5.43. The lowest BCUT2D eigenvalue weighted by Crippen LogP contribution is -2.24. The van der Waals surface area contributed by atoms with Crippen LogP contribution in [0.4, 0.5) is 5.82 Å². The number of aromatic nitrogens is 2. The Morgan fingerprint density at radius 2 is 2.13 bits per heavy atom. The average molecular weight is 228 g/mol. The van der Waals surface area contributed by atoms with Gasteiger partial charge in [0.2, 0.25) is 0 Å². The van der Waals surface area contributed by atoms with Crippen LogP contribution in [0.25, 0.3) is 0 Å². The molecule has 0 aliphatic carbocycles. The van der Waals surface area contributed by atoms with Crippen molar-refractivity contribution in [2.45, 2.75) is 26.1 Å². The molecule has 0 saturated heterocycles. The highest BCUT2D eigenvalue weighted by Gasteiger charge is 2.06. The summed E-state index contributed by atoms with van der Waals surface area (Å²) in [5.74, 6) is 2.00. The van der Waals surface area contributed by atoms with E-state index in [0.717, 1.165) is 18.1 Å². The normalized spacial score (nSPS) is 12.5. The number of alkyl halides is 1. The first kappa shape index (κ1) is 12.2. The van der Waals surface area contributed by atoms with E-state index in [1.165, 1.54) is 6.42 Å². The predicted molar refractivity (Wildman–Crippen MR) is 64.3 cm³/mol. The van der Waals surface area contributed by atoms with Gasteiger partial charge in [-0.05, 0) is 5.92 Å². The first-order chi connectivity index (χ1) is 7.17. The fraction of sp³-hybridized carbons (Fsp3) is 0.636. The zero-order chi connectivity index (χ0) is 11.3. The van der Waals surface area contributed by atoms with Gasteiger partial charge in [0, 0.05) is 13.6 Å². The van der Waals surface area contributed by atoms with E-state index in [9.17, 15) is 0 Å². The quantitative estimate of drug-likeness (QED) is 0.725. The third kappa shape index (κ3) is 3.67. The lowest BCUT2D eigenvalue weighted by molar-refractivity contribution is 0.557. The highest BCUT2D eigenvalue weighted by atomic mass is 35.5. The highest BCUT2D eigenvalue weighted by molar-refractivity contribution is 6.16. The first-order valence-corrected chi connectivity index (χ1v) is 5.78. The summed E-state index contributed by atoms with van der Waals surface area (Å²) in [5.41, 5.74) is 0.817. The Labute approximate surface area is 96.5 Å². The third-order valence-corrected chi connectivity index (χ3v) is 2.78. The molecule has 0 bridgehead atoms. The summed E-state index contributed by atoms with van der Waals surface area (Å²) in [4.78, 5) is 10.7. The summed E-state index contributed by atoms with van der Waals surface area (Å²) in [7, 11) is 2.04. The van der Waals surface area contributed by atoms with Gasteiger partial charge in [-0.25, -0.2) is 4.98 Å². The van der Waals surface area contributed by atoms with Crippen molar-refractivity contribution in [3.8, 4) is 0 Å². The molecule has 1 unspecified atom stereocenters. The lowest BCUT2D eigenvalue weighted by atomic mass is 10.1. The van der Waals surface area contributed by atoms with Crippen LogP contribution in [-0.2, 0) is 5.88 Å². The number of hydrogen-bond acceptors (Lipinski definition) is 3. The van der Waals surface area contributed by atoms with E-state index in [1.807, 2.05) is 7.05 Å². The second kappa shape index (κ2) is 5.91. The Balaban J connectivity index is 2.61. The van der Waals surface area contributed by atoms with Crippen LogP contribution in [0, 0.1) is 5.92 Å². The average Bonchev–Trinajstić information content (AvgIpc) is 2.29. The molecule has 1 heterocycles. The molecule has 1 aromatic rings. The van der Waals surface area contributed by atoms with Crippen LogP contribution in [-0.4, -0.2) is 23.6 Å². The van der Waals surface area contributed by atoms with Crippen molar-refractivity contribution >= 4 is 17.4 Å². The molecule has 0 saturated carbocycles. The number of hydrogen-bond donors (Lipinski definition) is 0. The lowest BCUT2D eigenvalue weighted by Gasteiger charge is -2.21. The second-order valence-electron chi connectivity index (χ2n) is 3.89. The zero-order valence-corrected chi connectivity index (χ0v) is 10.3. The molecule has 1 rings (SSSR count). The van der Waals surface area contributed by atoms with Crippen molar-refractivity contribution in [3.63, 3.8) is 0 Å². The minimum absolute atomic E-state index is 0.419. The van der Waals surface area contributed by atoms with Gasteiger partial charge in [0.15, 0.2) is 0 Å². The van der Waals surface area contributed by atoms with E-state index in [-0.39, 0.29) is 0 Å². The zero-order valence-electron chi connectivity index (χ0n) is 9.57. The van der Waals surface area contributed by atoms with E-state index < -0.39 is 0 Å². The Bertz CT molecular complexity index is 286. The van der Waals surface area contributed by atoms with Gasteiger partial charge in [0.05, 0.1) is 24.0 Å². The molecule has 1 aromatic heterocycles. The molecule has 0 amide bonds. The van der Waals surface area contributed by atoms with E-state index in [1.54, 1.807) is 12.4 Å². The number of nitrogens with zero attached hydrogens (tertiary/aromatic N) is 3. The fourth-order valence-electron chi connectivity index (χ4n) is 1.30.